The summed E-state index contributed by atoms with van der Waals surface area (Å²) in [4.78, 5) is 11.3. The molecule has 186 valence electrons. The van der Waals surface area contributed by atoms with Crippen molar-refractivity contribution in [3.63, 3.8) is 0 Å². The topological polar surface area (TPSA) is 78.8 Å². The van der Waals surface area contributed by atoms with Crippen molar-refractivity contribution >= 4 is 22.9 Å². The Kier molecular flexibility index (Phi) is 5.52. The van der Waals surface area contributed by atoms with E-state index in [-0.39, 0.29) is 17.4 Å². The highest BCUT2D eigenvalue weighted by Crippen LogP contribution is 2.38. The fraction of sp³-hybridized carbons (Fsp3) is 0.231. The van der Waals surface area contributed by atoms with Crippen LogP contribution in [0.3, 0.4) is 0 Å². The zero-order chi connectivity index (χ0) is 25.7. The van der Waals surface area contributed by atoms with Crippen LogP contribution in [0.2, 0.25) is 0 Å². The molecule has 0 aliphatic carbocycles. The number of benzene rings is 2. The molecule has 2 aromatic carbocycles. The molecule has 1 saturated heterocycles. The Morgan fingerprint density at radius 2 is 2.00 bits per heavy atom. The van der Waals surface area contributed by atoms with Gasteiger partial charge in [0.05, 0.1) is 34.8 Å². The molecular weight excluding hydrogens is 488 g/mol. The number of halogens is 4. The molecule has 0 spiro atoms. The molecule has 2 aromatic heterocycles. The second-order valence-electron chi connectivity index (χ2n) is 8.83. The van der Waals surface area contributed by atoms with Gasteiger partial charge in [-0.15, -0.1) is 0 Å². The number of hydrogen-bond acceptors (Lipinski definition) is 6. The lowest BCUT2D eigenvalue weighted by Gasteiger charge is -2.26. The van der Waals surface area contributed by atoms with E-state index in [0.29, 0.717) is 58.9 Å². The Bertz CT molecular complexity index is 1610. The van der Waals surface area contributed by atoms with Crippen LogP contribution in [-0.4, -0.2) is 33.5 Å². The molecule has 4 heterocycles. The maximum Gasteiger partial charge on any atom is 0.387 e. The van der Waals surface area contributed by atoms with Gasteiger partial charge in [0.1, 0.15) is 29.3 Å². The quantitative estimate of drug-likeness (QED) is 0.334. The highest BCUT2D eigenvalue weighted by atomic mass is 19.3. The first-order valence-electron chi connectivity index (χ1n) is 11.6. The van der Waals surface area contributed by atoms with Gasteiger partial charge in [0.25, 0.3) is 0 Å². The summed E-state index contributed by atoms with van der Waals surface area (Å²) in [7, 11) is 0. The molecule has 1 fully saturated rings. The molecule has 1 atom stereocenters. The first-order chi connectivity index (χ1) is 17.9. The van der Waals surface area contributed by atoms with Gasteiger partial charge in [-0.25, -0.2) is 18.3 Å². The van der Waals surface area contributed by atoms with Crippen molar-refractivity contribution < 1.29 is 22.3 Å². The fourth-order valence-electron chi connectivity index (χ4n) is 5.02. The SMILES string of the molecule is N#Cc1cc2c(cc1OC(F)F)N=C(c1cnn3ccc(N4CCC[C@@H]4c4cc(F)ccc4F)nc13)C2. The second kappa shape index (κ2) is 8.89. The minimum absolute atomic E-state index is 0.000400. The molecule has 0 unspecified atom stereocenters. The molecule has 11 heteroatoms. The standard InChI is InChI=1S/C26H18F4N6O/c27-16-3-4-19(28)17(10-16)22-2-1-6-35(22)24-5-7-36-25(34-24)18(13-32-36)21-9-14-8-15(12-31)23(37-26(29)30)11-20(14)33-21/h3-5,7-8,10-11,13,22,26H,1-2,6,9H2/t22-/m1/s1. The summed E-state index contributed by atoms with van der Waals surface area (Å²) in [6, 6.07) is 9.59. The largest absolute Gasteiger partial charge is 0.433 e. The zero-order valence-electron chi connectivity index (χ0n) is 19.2. The van der Waals surface area contributed by atoms with Crippen LogP contribution >= 0.6 is 0 Å². The molecule has 37 heavy (non-hydrogen) atoms. The maximum absolute atomic E-state index is 14.6. The summed E-state index contributed by atoms with van der Waals surface area (Å²) < 4.78 is 60.1. The second-order valence-corrected chi connectivity index (χ2v) is 8.83. The van der Waals surface area contributed by atoms with Gasteiger partial charge in [-0.3, -0.25) is 4.99 Å². The summed E-state index contributed by atoms with van der Waals surface area (Å²) in [6.07, 6.45) is 5.17. The summed E-state index contributed by atoms with van der Waals surface area (Å²) >= 11 is 0. The number of aromatic nitrogens is 3. The Labute approximate surface area is 208 Å². The van der Waals surface area contributed by atoms with E-state index in [1.165, 1.54) is 18.2 Å². The van der Waals surface area contributed by atoms with Crippen LogP contribution in [0, 0.1) is 23.0 Å². The van der Waals surface area contributed by atoms with Crippen molar-refractivity contribution in [2.75, 3.05) is 11.4 Å². The van der Waals surface area contributed by atoms with E-state index in [4.69, 9.17) is 4.98 Å². The smallest absolute Gasteiger partial charge is 0.387 e. The van der Waals surface area contributed by atoms with Crippen LogP contribution < -0.4 is 9.64 Å². The van der Waals surface area contributed by atoms with Gasteiger partial charge in [-0.2, -0.15) is 19.1 Å². The lowest BCUT2D eigenvalue weighted by Crippen LogP contribution is -2.24. The average molecular weight is 506 g/mol. The van der Waals surface area contributed by atoms with E-state index < -0.39 is 18.2 Å². The van der Waals surface area contributed by atoms with E-state index in [9.17, 15) is 22.8 Å². The van der Waals surface area contributed by atoms with Crippen molar-refractivity contribution in [1.82, 2.24) is 14.6 Å². The minimum atomic E-state index is -3.06. The van der Waals surface area contributed by atoms with E-state index in [0.717, 1.165) is 18.6 Å². The van der Waals surface area contributed by atoms with Crippen molar-refractivity contribution in [2.24, 2.45) is 4.99 Å². The van der Waals surface area contributed by atoms with Gasteiger partial charge < -0.3 is 9.64 Å². The van der Waals surface area contributed by atoms with Crippen LogP contribution in [-0.2, 0) is 6.42 Å². The Morgan fingerprint density at radius 1 is 1.14 bits per heavy atom. The Hall–Kier alpha value is -4.46. The molecule has 0 amide bonds. The monoisotopic (exact) mass is 506 g/mol. The number of fused-ring (bicyclic) bond motifs is 2. The normalized spacial score (nSPS) is 16.8. The van der Waals surface area contributed by atoms with E-state index in [1.54, 1.807) is 23.0 Å². The average Bonchev–Trinajstić information content (AvgIpc) is 3.61. The number of alkyl halides is 2. The van der Waals surface area contributed by atoms with Crippen LogP contribution in [0.25, 0.3) is 5.65 Å². The predicted molar refractivity (Wildman–Crippen MR) is 126 cm³/mol. The third kappa shape index (κ3) is 4.04. The molecule has 7 nitrogen and oxygen atoms in total. The number of hydrogen-bond donors (Lipinski definition) is 0. The first kappa shape index (κ1) is 23.0. The summed E-state index contributed by atoms with van der Waals surface area (Å²) in [5.41, 5.74) is 3.19. The number of nitrogens with zero attached hydrogens (tertiary/aromatic N) is 6. The first-order valence-corrected chi connectivity index (χ1v) is 11.6. The van der Waals surface area contributed by atoms with Crippen molar-refractivity contribution in [2.45, 2.75) is 31.9 Å². The highest BCUT2D eigenvalue weighted by Gasteiger charge is 2.30. The van der Waals surface area contributed by atoms with Crippen LogP contribution in [0.4, 0.5) is 29.1 Å². The Morgan fingerprint density at radius 3 is 2.81 bits per heavy atom. The minimum Gasteiger partial charge on any atom is -0.433 e. The third-order valence-corrected chi connectivity index (χ3v) is 6.66. The Balaban J connectivity index is 1.36. The van der Waals surface area contributed by atoms with Crippen LogP contribution in [0.5, 0.6) is 5.75 Å². The van der Waals surface area contributed by atoms with Crippen molar-refractivity contribution in [3.8, 4) is 11.8 Å². The number of ether oxygens (including phenoxy) is 1. The molecule has 4 aromatic rings. The van der Waals surface area contributed by atoms with Crippen LogP contribution in [0.1, 0.15) is 41.1 Å². The molecule has 0 saturated carbocycles. The highest BCUT2D eigenvalue weighted by molar-refractivity contribution is 6.10. The summed E-state index contributed by atoms with van der Waals surface area (Å²) in [5, 5.41) is 13.7. The molecule has 2 aliphatic heterocycles. The van der Waals surface area contributed by atoms with Gasteiger partial charge in [0, 0.05) is 30.8 Å². The maximum atomic E-state index is 14.6. The molecular formula is C26H18F4N6O. The fourth-order valence-corrected chi connectivity index (χ4v) is 5.02. The van der Waals surface area contributed by atoms with E-state index in [1.807, 2.05) is 11.0 Å². The van der Waals surface area contributed by atoms with Crippen molar-refractivity contribution in [1.29, 1.82) is 5.26 Å². The van der Waals surface area contributed by atoms with Gasteiger partial charge in [-0.1, -0.05) is 0 Å². The summed E-state index contributed by atoms with van der Waals surface area (Å²) in [5.74, 6) is -0.596. The predicted octanol–water partition coefficient (Wildman–Crippen LogP) is 5.50. The molecule has 0 radical (unpaired) electrons. The van der Waals surface area contributed by atoms with Crippen LogP contribution in [0.15, 0.2) is 53.8 Å². The van der Waals surface area contributed by atoms with Gasteiger partial charge in [0.15, 0.2) is 5.65 Å². The third-order valence-electron chi connectivity index (χ3n) is 6.66. The van der Waals surface area contributed by atoms with Gasteiger partial charge in [-0.05, 0) is 48.7 Å². The molecule has 2 aliphatic rings. The number of aliphatic imine (C=N–C) groups is 1. The molecule has 0 bridgehead atoms. The zero-order valence-corrected chi connectivity index (χ0v) is 19.2. The molecule has 0 N–H and O–H groups in total. The number of anilines is 1. The summed E-state index contributed by atoms with van der Waals surface area (Å²) in [6.45, 7) is -2.43. The number of rotatable bonds is 5. The lowest BCUT2D eigenvalue weighted by molar-refractivity contribution is -0.0500. The van der Waals surface area contributed by atoms with Gasteiger partial charge >= 0.3 is 6.61 Å². The van der Waals surface area contributed by atoms with E-state index in [2.05, 4.69) is 14.8 Å². The van der Waals surface area contributed by atoms with Crippen molar-refractivity contribution in [3.05, 3.63) is 82.7 Å². The van der Waals surface area contributed by atoms with E-state index >= 15 is 0 Å². The van der Waals surface area contributed by atoms with Gasteiger partial charge in [0.2, 0.25) is 0 Å². The molecule has 6 rings (SSSR count). The lowest BCUT2D eigenvalue weighted by atomic mass is 10.0. The number of nitriles is 1.